The van der Waals surface area contributed by atoms with Crippen LogP contribution in [0.1, 0.15) is 47.3 Å². The average molecular weight is 283 g/mol. The van der Waals surface area contributed by atoms with Crippen LogP contribution in [-0.2, 0) is 0 Å². The van der Waals surface area contributed by atoms with E-state index in [1.807, 2.05) is 11.8 Å². The molecule has 1 saturated carbocycles. The van der Waals surface area contributed by atoms with Gasteiger partial charge in [-0.2, -0.15) is 11.8 Å². The molecule has 19 heavy (non-hydrogen) atoms. The van der Waals surface area contributed by atoms with Crippen LogP contribution in [0.25, 0.3) is 0 Å². The van der Waals surface area contributed by atoms with Crippen molar-refractivity contribution in [3.05, 3.63) is 23.7 Å². The molecule has 0 aromatic carbocycles. The van der Waals surface area contributed by atoms with Gasteiger partial charge in [0.2, 0.25) is 5.76 Å². The van der Waals surface area contributed by atoms with Crippen LogP contribution in [-0.4, -0.2) is 34.0 Å². The standard InChI is InChI=1S/C13H17NO4S/c1-2-19-11-5-3-4-8(11)14-12(15)9-6-7-10(18-9)13(16)17/h6-8,11H,2-5H2,1H3,(H,14,15)(H,16,17). The van der Waals surface area contributed by atoms with Gasteiger partial charge in [-0.3, -0.25) is 4.79 Å². The van der Waals surface area contributed by atoms with Crippen molar-refractivity contribution in [1.82, 2.24) is 5.32 Å². The molecule has 1 amide bonds. The second kappa shape index (κ2) is 6.14. The summed E-state index contributed by atoms with van der Waals surface area (Å²) >= 11 is 1.85. The Morgan fingerprint density at radius 3 is 2.79 bits per heavy atom. The molecule has 2 N–H and O–H groups in total. The Morgan fingerprint density at radius 2 is 2.16 bits per heavy atom. The minimum atomic E-state index is -1.17. The number of carboxylic acid groups (broad SMARTS) is 1. The molecule has 1 heterocycles. The van der Waals surface area contributed by atoms with Gasteiger partial charge in [-0.05, 0) is 30.7 Å². The number of aromatic carboxylic acids is 1. The molecule has 0 aliphatic heterocycles. The van der Waals surface area contributed by atoms with E-state index in [-0.39, 0.29) is 23.5 Å². The molecule has 104 valence electrons. The van der Waals surface area contributed by atoms with Crippen LogP contribution < -0.4 is 5.32 Å². The number of hydrogen-bond acceptors (Lipinski definition) is 4. The lowest BCUT2D eigenvalue weighted by molar-refractivity contribution is 0.0659. The Hall–Kier alpha value is -1.43. The Kier molecular flexibility index (Phi) is 4.52. The highest BCUT2D eigenvalue weighted by Gasteiger charge is 2.29. The summed E-state index contributed by atoms with van der Waals surface area (Å²) in [4.78, 5) is 22.7. The molecule has 2 unspecified atom stereocenters. The quantitative estimate of drug-likeness (QED) is 0.867. The number of rotatable bonds is 5. The topological polar surface area (TPSA) is 79.5 Å². The lowest BCUT2D eigenvalue weighted by atomic mass is 10.2. The van der Waals surface area contributed by atoms with E-state index in [2.05, 4.69) is 12.2 Å². The van der Waals surface area contributed by atoms with Crippen LogP contribution in [0.3, 0.4) is 0 Å². The third-order valence-corrected chi connectivity index (χ3v) is 4.52. The van der Waals surface area contributed by atoms with E-state index in [9.17, 15) is 9.59 Å². The highest BCUT2D eigenvalue weighted by atomic mass is 32.2. The Morgan fingerprint density at radius 1 is 1.42 bits per heavy atom. The molecule has 6 heteroatoms. The van der Waals surface area contributed by atoms with E-state index in [4.69, 9.17) is 9.52 Å². The second-order valence-corrected chi connectivity index (χ2v) is 5.99. The van der Waals surface area contributed by atoms with E-state index in [0.29, 0.717) is 5.25 Å². The predicted octanol–water partition coefficient (Wildman–Crippen LogP) is 2.38. The number of carboxylic acids is 1. The van der Waals surface area contributed by atoms with Crippen LogP contribution in [0.5, 0.6) is 0 Å². The van der Waals surface area contributed by atoms with E-state index < -0.39 is 5.97 Å². The van der Waals surface area contributed by atoms with Crippen molar-refractivity contribution in [3.8, 4) is 0 Å². The largest absolute Gasteiger partial charge is 0.475 e. The van der Waals surface area contributed by atoms with E-state index in [0.717, 1.165) is 25.0 Å². The number of hydrogen-bond donors (Lipinski definition) is 2. The van der Waals surface area contributed by atoms with Crippen molar-refractivity contribution in [2.45, 2.75) is 37.5 Å². The lowest BCUT2D eigenvalue weighted by Crippen LogP contribution is -2.38. The van der Waals surface area contributed by atoms with Crippen molar-refractivity contribution in [2.24, 2.45) is 0 Å². The van der Waals surface area contributed by atoms with Gasteiger partial charge >= 0.3 is 5.97 Å². The predicted molar refractivity (Wildman–Crippen MR) is 72.7 cm³/mol. The molecule has 0 bridgehead atoms. The lowest BCUT2D eigenvalue weighted by Gasteiger charge is -2.19. The summed E-state index contributed by atoms with van der Waals surface area (Å²) in [7, 11) is 0. The number of carbonyl (C=O) groups is 2. The highest BCUT2D eigenvalue weighted by Crippen LogP contribution is 2.30. The van der Waals surface area contributed by atoms with Gasteiger partial charge in [0.25, 0.3) is 5.91 Å². The summed E-state index contributed by atoms with van der Waals surface area (Å²) in [6.45, 7) is 2.10. The minimum absolute atomic E-state index is 0.0598. The van der Waals surface area contributed by atoms with Gasteiger partial charge in [0.05, 0.1) is 0 Å². The van der Waals surface area contributed by atoms with Gasteiger partial charge in [0.15, 0.2) is 5.76 Å². The smallest absolute Gasteiger partial charge is 0.371 e. The molecule has 0 spiro atoms. The maximum Gasteiger partial charge on any atom is 0.371 e. The number of amides is 1. The van der Waals surface area contributed by atoms with Gasteiger partial charge < -0.3 is 14.8 Å². The summed E-state index contributed by atoms with van der Waals surface area (Å²) in [5.74, 6) is -0.623. The van der Waals surface area contributed by atoms with Crippen LogP contribution in [0.15, 0.2) is 16.5 Å². The summed E-state index contributed by atoms with van der Waals surface area (Å²) in [5.41, 5.74) is 0. The molecule has 1 aromatic rings. The fourth-order valence-corrected chi connectivity index (χ4v) is 3.52. The van der Waals surface area contributed by atoms with Crippen molar-refractivity contribution in [3.63, 3.8) is 0 Å². The van der Waals surface area contributed by atoms with Gasteiger partial charge in [-0.25, -0.2) is 4.79 Å². The molecule has 0 radical (unpaired) electrons. The highest BCUT2D eigenvalue weighted by molar-refractivity contribution is 7.99. The van der Waals surface area contributed by atoms with E-state index in [1.54, 1.807) is 0 Å². The number of carbonyl (C=O) groups excluding carboxylic acids is 1. The van der Waals surface area contributed by atoms with Crippen molar-refractivity contribution >= 4 is 23.6 Å². The summed E-state index contributed by atoms with van der Waals surface area (Å²) in [5, 5.41) is 12.1. The van der Waals surface area contributed by atoms with Crippen molar-refractivity contribution in [1.29, 1.82) is 0 Å². The Balaban J connectivity index is 1.98. The number of thioether (sulfide) groups is 1. The first-order valence-corrected chi connectivity index (χ1v) is 7.42. The summed E-state index contributed by atoms with van der Waals surface area (Å²) in [6, 6.07) is 2.84. The first kappa shape index (κ1) is 14.0. The van der Waals surface area contributed by atoms with Crippen LogP contribution in [0.2, 0.25) is 0 Å². The normalized spacial score (nSPS) is 22.4. The van der Waals surface area contributed by atoms with Crippen LogP contribution in [0, 0.1) is 0 Å². The van der Waals surface area contributed by atoms with Gasteiger partial charge in [-0.1, -0.05) is 13.3 Å². The zero-order chi connectivity index (χ0) is 13.8. The molecular formula is C13H17NO4S. The fourth-order valence-electron chi connectivity index (χ4n) is 2.32. The molecule has 5 nitrogen and oxygen atoms in total. The minimum Gasteiger partial charge on any atom is -0.475 e. The Labute approximate surface area is 115 Å². The maximum atomic E-state index is 12.0. The SMILES string of the molecule is CCSC1CCCC1NC(=O)c1ccc(C(=O)O)o1. The molecular weight excluding hydrogens is 266 g/mol. The van der Waals surface area contributed by atoms with E-state index in [1.165, 1.54) is 12.1 Å². The van der Waals surface area contributed by atoms with E-state index >= 15 is 0 Å². The molecule has 1 aliphatic carbocycles. The first-order valence-electron chi connectivity index (χ1n) is 6.37. The molecule has 2 rings (SSSR count). The van der Waals surface area contributed by atoms with Gasteiger partial charge in [0.1, 0.15) is 0 Å². The zero-order valence-corrected chi connectivity index (χ0v) is 11.5. The molecule has 2 atom stereocenters. The second-order valence-electron chi connectivity index (χ2n) is 4.47. The van der Waals surface area contributed by atoms with Gasteiger partial charge in [0, 0.05) is 11.3 Å². The first-order chi connectivity index (χ1) is 9.11. The molecule has 1 aromatic heterocycles. The third kappa shape index (κ3) is 3.32. The van der Waals surface area contributed by atoms with Crippen molar-refractivity contribution < 1.29 is 19.1 Å². The van der Waals surface area contributed by atoms with Gasteiger partial charge in [-0.15, -0.1) is 0 Å². The molecule has 1 fully saturated rings. The van der Waals surface area contributed by atoms with Crippen LogP contribution >= 0.6 is 11.8 Å². The monoisotopic (exact) mass is 283 g/mol. The number of nitrogens with one attached hydrogen (secondary N) is 1. The summed E-state index contributed by atoms with van der Waals surface area (Å²) < 4.78 is 4.99. The average Bonchev–Trinajstić information content (AvgIpc) is 2.99. The molecule has 1 aliphatic rings. The fraction of sp³-hybridized carbons (Fsp3) is 0.538. The maximum absolute atomic E-state index is 12.0. The van der Waals surface area contributed by atoms with Crippen molar-refractivity contribution in [2.75, 3.05) is 5.75 Å². The number of furan rings is 1. The zero-order valence-electron chi connectivity index (χ0n) is 10.7. The summed E-state index contributed by atoms with van der Waals surface area (Å²) in [6.07, 6.45) is 3.19. The Bertz CT molecular complexity index is 471. The third-order valence-electron chi connectivity index (χ3n) is 3.19. The van der Waals surface area contributed by atoms with Crippen LogP contribution in [0.4, 0.5) is 0 Å². The molecule has 0 saturated heterocycles.